The van der Waals surface area contributed by atoms with Crippen LogP contribution in [0.4, 0.5) is 11.4 Å². The van der Waals surface area contributed by atoms with Crippen molar-refractivity contribution in [3.05, 3.63) is 57.9 Å². The molecule has 28 heavy (non-hydrogen) atoms. The molecule has 2 N–H and O–H groups in total. The van der Waals surface area contributed by atoms with E-state index in [-0.39, 0.29) is 18.2 Å². The zero-order valence-electron chi connectivity index (χ0n) is 14.9. The van der Waals surface area contributed by atoms with E-state index in [4.69, 9.17) is 11.6 Å². The van der Waals surface area contributed by atoms with Gasteiger partial charge in [-0.25, -0.2) is 4.98 Å². The first-order chi connectivity index (χ1) is 13.5. The molecule has 0 radical (unpaired) electrons. The van der Waals surface area contributed by atoms with Crippen molar-refractivity contribution in [1.82, 2.24) is 4.98 Å². The molecule has 2 aromatic carbocycles. The topological polar surface area (TPSA) is 71.1 Å². The molecule has 4 rings (SSSR count). The molecule has 1 unspecified atom stereocenters. The standard InChI is InChI=1S/C20H16ClN3O2S2/c1-11-22-16(10-27-11)12-2-5-14(6-3-12)23-19(25)9-18-20(26)24-15-8-13(21)4-7-17(15)28-18/h2-8,10,18H,9H2,1H3,(H,23,25)(H,24,26). The molecule has 0 spiro atoms. The van der Waals surface area contributed by atoms with Gasteiger partial charge in [-0.15, -0.1) is 23.1 Å². The SMILES string of the molecule is Cc1nc(-c2ccc(NC(=O)CC3Sc4ccc(Cl)cc4NC3=O)cc2)cs1. The van der Waals surface area contributed by atoms with Crippen LogP contribution in [0.1, 0.15) is 11.4 Å². The number of aryl methyl sites for hydroxylation is 1. The van der Waals surface area contributed by atoms with Crippen molar-refractivity contribution < 1.29 is 9.59 Å². The normalized spacial score (nSPS) is 15.6. The fourth-order valence-electron chi connectivity index (χ4n) is 2.86. The Kier molecular flexibility index (Phi) is 5.39. The quantitative estimate of drug-likeness (QED) is 0.596. The summed E-state index contributed by atoms with van der Waals surface area (Å²) in [6.45, 7) is 1.97. The van der Waals surface area contributed by atoms with E-state index in [1.54, 1.807) is 23.5 Å². The van der Waals surface area contributed by atoms with Gasteiger partial charge in [0.1, 0.15) is 0 Å². The summed E-state index contributed by atoms with van der Waals surface area (Å²) in [6, 6.07) is 12.9. The van der Waals surface area contributed by atoms with Crippen molar-refractivity contribution in [2.45, 2.75) is 23.5 Å². The van der Waals surface area contributed by atoms with Crippen LogP contribution in [-0.2, 0) is 9.59 Å². The lowest BCUT2D eigenvalue weighted by atomic mass is 10.1. The van der Waals surface area contributed by atoms with E-state index in [0.29, 0.717) is 16.4 Å². The number of halogens is 1. The van der Waals surface area contributed by atoms with Crippen LogP contribution in [0.3, 0.4) is 0 Å². The van der Waals surface area contributed by atoms with Crippen LogP contribution >= 0.6 is 34.7 Å². The molecule has 1 aliphatic rings. The van der Waals surface area contributed by atoms with Gasteiger partial charge >= 0.3 is 0 Å². The Morgan fingerprint density at radius 1 is 1.25 bits per heavy atom. The second-order valence-electron chi connectivity index (χ2n) is 6.32. The van der Waals surface area contributed by atoms with Crippen molar-refractivity contribution >= 4 is 57.9 Å². The highest BCUT2D eigenvalue weighted by Crippen LogP contribution is 2.38. The predicted octanol–water partition coefficient (Wildman–Crippen LogP) is 5.21. The molecule has 1 atom stereocenters. The molecule has 1 aliphatic heterocycles. The van der Waals surface area contributed by atoms with Crippen LogP contribution in [0.25, 0.3) is 11.3 Å². The Labute approximate surface area is 175 Å². The van der Waals surface area contributed by atoms with Crippen LogP contribution in [-0.4, -0.2) is 22.0 Å². The van der Waals surface area contributed by atoms with E-state index in [1.165, 1.54) is 11.8 Å². The minimum Gasteiger partial charge on any atom is -0.326 e. The van der Waals surface area contributed by atoms with Gasteiger partial charge in [0.05, 0.1) is 21.6 Å². The van der Waals surface area contributed by atoms with E-state index in [1.807, 2.05) is 42.6 Å². The first-order valence-corrected chi connectivity index (χ1v) is 10.7. The highest BCUT2D eigenvalue weighted by Gasteiger charge is 2.29. The van der Waals surface area contributed by atoms with Crippen molar-refractivity contribution in [2.24, 2.45) is 0 Å². The largest absolute Gasteiger partial charge is 0.326 e. The van der Waals surface area contributed by atoms with E-state index in [0.717, 1.165) is 21.2 Å². The van der Waals surface area contributed by atoms with E-state index in [2.05, 4.69) is 15.6 Å². The average molecular weight is 430 g/mol. The lowest BCUT2D eigenvalue weighted by Gasteiger charge is -2.23. The fourth-order valence-corrected chi connectivity index (χ4v) is 4.74. The molecule has 3 aromatic rings. The van der Waals surface area contributed by atoms with Crippen molar-refractivity contribution in [2.75, 3.05) is 10.6 Å². The monoisotopic (exact) mass is 429 g/mol. The second-order valence-corrected chi connectivity index (χ2v) is 9.06. The molecule has 2 amide bonds. The maximum absolute atomic E-state index is 12.4. The number of carbonyl (C=O) groups is 2. The van der Waals surface area contributed by atoms with Crippen LogP contribution < -0.4 is 10.6 Å². The summed E-state index contributed by atoms with van der Waals surface area (Å²) in [6.07, 6.45) is 0.0889. The smallest absolute Gasteiger partial charge is 0.238 e. The van der Waals surface area contributed by atoms with Gasteiger partial charge in [-0.2, -0.15) is 0 Å². The van der Waals surface area contributed by atoms with Gasteiger partial charge in [0.2, 0.25) is 11.8 Å². The van der Waals surface area contributed by atoms with E-state index in [9.17, 15) is 9.59 Å². The number of hydrogen-bond acceptors (Lipinski definition) is 5. The Balaban J connectivity index is 1.39. The first-order valence-electron chi connectivity index (χ1n) is 8.57. The van der Waals surface area contributed by atoms with Crippen LogP contribution in [0.2, 0.25) is 5.02 Å². The Hall–Kier alpha value is -2.35. The summed E-state index contributed by atoms with van der Waals surface area (Å²) in [5.41, 5.74) is 3.30. The summed E-state index contributed by atoms with van der Waals surface area (Å²) < 4.78 is 0. The second kappa shape index (κ2) is 7.95. The van der Waals surface area contributed by atoms with Crippen LogP contribution in [0, 0.1) is 6.92 Å². The van der Waals surface area contributed by atoms with Crippen molar-refractivity contribution in [3.8, 4) is 11.3 Å². The lowest BCUT2D eigenvalue weighted by molar-refractivity contribution is -0.120. The van der Waals surface area contributed by atoms with Gasteiger partial charge in [0.25, 0.3) is 0 Å². The van der Waals surface area contributed by atoms with Crippen LogP contribution in [0.5, 0.6) is 0 Å². The molecular formula is C20H16ClN3O2S2. The van der Waals surface area contributed by atoms with Gasteiger partial charge in [0.15, 0.2) is 0 Å². The number of carbonyl (C=O) groups excluding carboxylic acids is 2. The molecule has 142 valence electrons. The predicted molar refractivity (Wildman–Crippen MR) is 115 cm³/mol. The number of rotatable bonds is 4. The molecule has 8 heteroatoms. The zero-order chi connectivity index (χ0) is 19.7. The molecular weight excluding hydrogens is 414 g/mol. The number of thioether (sulfide) groups is 1. The Morgan fingerprint density at radius 2 is 2.04 bits per heavy atom. The van der Waals surface area contributed by atoms with Crippen molar-refractivity contribution in [3.63, 3.8) is 0 Å². The summed E-state index contributed by atoms with van der Waals surface area (Å²) >= 11 is 8.94. The molecule has 0 saturated heterocycles. The fraction of sp³-hybridized carbons (Fsp3) is 0.150. The van der Waals surface area contributed by atoms with Gasteiger partial charge < -0.3 is 10.6 Å². The summed E-state index contributed by atoms with van der Waals surface area (Å²) in [4.78, 5) is 30.1. The number of benzene rings is 2. The third kappa shape index (κ3) is 4.22. The summed E-state index contributed by atoms with van der Waals surface area (Å²) in [5.74, 6) is -0.397. The Morgan fingerprint density at radius 3 is 2.75 bits per heavy atom. The number of nitrogens with one attached hydrogen (secondary N) is 2. The summed E-state index contributed by atoms with van der Waals surface area (Å²) in [7, 11) is 0. The number of anilines is 2. The number of fused-ring (bicyclic) bond motifs is 1. The number of nitrogens with zero attached hydrogens (tertiary/aromatic N) is 1. The third-order valence-corrected chi connectivity index (χ3v) is 6.50. The highest BCUT2D eigenvalue weighted by molar-refractivity contribution is 8.01. The molecule has 0 saturated carbocycles. The van der Waals surface area contributed by atoms with E-state index < -0.39 is 5.25 Å². The maximum Gasteiger partial charge on any atom is 0.238 e. The van der Waals surface area contributed by atoms with Gasteiger partial charge in [-0.05, 0) is 37.3 Å². The van der Waals surface area contributed by atoms with Gasteiger partial charge in [0, 0.05) is 33.0 Å². The number of aromatic nitrogens is 1. The van der Waals surface area contributed by atoms with Crippen molar-refractivity contribution in [1.29, 1.82) is 0 Å². The van der Waals surface area contributed by atoms with E-state index >= 15 is 0 Å². The number of thiazole rings is 1. The summed E-state index contributed by atoms with van der Waals surface area (Å²) in [5, 5.41) is 8.77. The number of hydrogen-bond donors (Lipinski definition) is 2. The van der Waals surface area contributed by atoms with Gasteiger partial charge in [-0.3, -0.25) is 9.59 Å². The molecule has 0 aliphatic carbocycles. The lowest BCUT2D eigenvalue weighted by Crippen LogP contribution is -2.32. The minimum atomic E-state index is -0.481. The maximum atomic E-state index is 12.4. The Bertz CT molecular complexity index is 1050. The van der Waals surface area contributed by atoms with Crippen LogP contribution in [0.15, 0.2) is 52.7 Å². The molecule has 0 fully saturated rings. The third-order valence-electron chi connectivity index (χ3n) is 4.22. The molecule has 0 bridgehead atoms. The highest BCUT2D eigenvalue weighted by atomic mass is 35.5. The minimum absolute atomic E-state index is 0.0889. The number of amides is 2. The van der Waals surface area contributed by atoms with Gasteiger partial charge in [-0.1, -0.05) is 23.7 Å². The molecule has 5 nitrogen and oxygen atoms in total. The zero-order valence-corrected chi connectivity index (χ0v) is 17.3. The first kappa shape index (κ1) is 19.0. The molecule has 2 heterocycles. The molecule has 1 aromatic heterocycles. The average Bonchev–Trinajstić information content (AvgIpc) is 3.09.